The third-order valence-corrected chi connectivity index (χ3v) is 7.92. The second-order valence-corrected chi connectivity index (χ2v) is 12.5. The average Bonchev–Trinajstić information content (AvgIpc) is 3.02. The van der Waals surface area contributed by atoms with Crippen molar-refractivity contribution in [3.8, 4) is 16.9 Å². The maximum atomic E-state index is 13.3. The molecule has 10 nitrogen and oxygen atoms in total. The van der Waals surface area contributed by atoms with Crippen LogP contribution in [0.25, 0.3) is 11.1 Å². The van der Waals surface area contributed by atoms with E-state index in [1.54, 1.807) is 23.1 Å². The molecule has 2 saturated heterocycles. The van der Waals surface area contributed by atoms with Gasteiger partial charge in [-0.2, -0.15) is 0 Å². The summed E-state index contributed by atoms with van der Waals surface area (Å²) in [5.74, 6) is -0.194. The number of carbonyl (C=O) groups excluding carboxylic acids is 3. The Hall–Kier alpha value is -4.57. The van der Waals surface area contributed by atoms with E-state index in [9.17, 15) is 14.4 Å². The first-order chi connectivity index (χ1) is 21.5. The van der Waals surface area contributed by atoms with Gasteiger partial charge in [0.25, 0.3) is 5.91 Å². The summed E-state index contributed by atoms with van der Waals surface area (Å²) in [5, 5.41) is 3.01. The van der Waals surface area contributed by atoms with Gasteiger partial charge < -0.3 is 35.1 Å². The molecular formula is C35H42N4O6. The van der Waals surface area contributed by atoms with E-state index in [2.05, 4.69) is 10.2 Å². The summed E-state index contributed by atoms with van der Waals surface area (Å²) in [5.41, 5.74) is 10.00. The zero-order valence-corrected chi connectivity index (χ0v) is 26.4. The molecule has 0 unspecified atom stereocenters. The van der Waals surface area contributed by atoms with Crippen molar-refractivity contribution in [1.29, 1.82) is 0 Å². The highest BCUT2D eigenvalue weighted by atomic mass is 16.6. The highest BCUT2D eigenvalue weighted by Crippen LogP contribution is 2.34. The number of amides is 3. The topological polar surface area (TPSA) is 123 Å². The minimum atomic E-state index is -0.559. The summed E-state index contributed by atoms with van der Waals surface area (Å²) in [6.07, 6.45) is 0.885. The number of hydrogen-bond acceptors (Lipinski definition) is 7. The van der Waals surface area contributed by atoms with Crippen LogP contribution in [-0.4, -0.2) is 73.9 Å². The van der Waals surface area contributed by atoms with E-state index in [1.165, 1.54) is 0 Å². The van der Waals surface area contributed by atoms with Crippen molar-refractivity contribution in [2.24, 2.45) is 5.73 Å². The van der Waals surface area contributed by atoms with Gasteiger partial charge in [-0.25, -0.2) is 4.79 Å². The van der Waals surface area contributed by atoms with Crippen LogP contribution in [0.5, 0.6) is 5.75 Å². The summed E-state index contributed by atoms with van der Waals surface area (Å²) in [6, 6.07) is 18.4. The molecule has 3 aromatic carbocycles. The van der Waals surface area contributed by atoms with Crippen molar-refractivity contribution in [3.05, 3.63) is 77.4 Å². The number of hydrogen-bond donors (Lipinski definition) is 2. The van der Waals surface area contributed by atoms with Gasteiger partial charge in [-0.15, -0.1) is 0 Å². The lowest BCUT2D eigenvalue weighted by Gasteiger charge is -2.33. The van der Waals surface area contributed by atoms with Crippen LogP contribution in [0.3, 0.4) is 0 Å². The largest absolute Gasteiger partial charge is 0.490 e. The number of benzene rings is 3. The van der Waals surface area contributed by atoms with Crippen molar-refractivity contribution in [2.75, 3.05) is 49.6 Å². The van der Waals surface area contributed by atoms with Crippen LogP contribution in [0.2, 0.25) is 0 Å². The van der Waals surface area contributed by atoms with Crippen molar-refractivity contribution < 1.29 is 28.6 Å². The smallest absolute Gasteiger partial charge is 0.410 e. The maximum absolute atomic E-state index is 13.3. The fourth-order valence-corrected chi connectivity index (χ4v) is 5.57. The van der Waals surface area contributed by atoms with E-state index in [-0.39, 0.29) is 18.1 Å². The number of morpholine rings is 1. The SMILES string of the molecule is Cc1ccc(NC(=O)c2cccc(N3CCOCC3)c2)cc1-c1cc(OC2CCN(C(=O)OC(C)(C)C)CC2)ccc1C(N)=O. The summed E-state index contributed by atoms with van der Waals surface area (Å²) in [4.78, 5) is 42.1. The Morgan fingerprint density at radius 1 is 0.911 bits per heavy atom. The van der Waals surface area contributed by atoms with Crippen molar-refractivity contribution in [3.63, 3.8) is 0 Å². The fourth-order valence-electron chi connectivity index (χ4n) is 5.57. The first-order valence-corrected chi connectivity index (χ1v) is 15.4. The van der Waals surface area contributed by atoms with Gasteiger partial charge >= 0.3 is 6.09 Å². The van der Waals surface area contributed by atoms with E-state index in [4.69, 9.17) is 19.9 Å². The molecule has 3 aromatic rings. The lowest BCUT2D eigenvalue weighted by atomic mass is 9.94. The predicted octanol–water partition coefficient (Wildman–Crippen LogP) is 5.63. The van der Waals surface area contributed by atoms with Gasteiger partial charge in [0.1, 0.15) is 17.5 Å². The summed E-state index contributed by atoms with van der Waals surface area (Å²) in [7, 11) is 0. The molecule has 45 heavy (non-hydrogen) atoms. The number of piperidine rings is 1. The molecule has 0 bridgehead atoms. The molecule has 0 aromatic heterocycles. The number of anilines is 2. The summed E-state index contributed by atoms with van der Waals surface area (Å²) >= 11 is 0. The van der Waals surface area contributed by atoms with Crippen LogP contribution in [0.15, 0.2) is 60.7 Å². The lowest BCUT2D eigenvalue weighted by Crippen LogP contribution is -2.44. The van der Waals surface area contributed by atoms with Crippen LogP contribution in [-0.2, 0) is 9.47 Å². The molecule has 0 saturated carbocycles. The van der Waals surface area contributed by atoms with Crippen molar-refractivity contribution in [1.82, 2.24) is 4.90 Å². The monoisotopic (exact) mass is 614 g/mol. The van der Waals surface area contributed by atoms with E-state index in [1.807, 2.05) is 70.2 Å². The van der Waals surface area contributed by atoms with E-state index in [0.717, 1.165) is 29.9 Å². The molecule has 2 heterocycles. The van der Waals surface area contributed by atoms with Crippen LogP contribution < -0.4 is 20.7 Å². The lowest BCUT2D eigenvalue weighted by molar-refractivity contribution is 0.0126. The highest BCUT2D eigenvalue weighted by molar-refractivity contribution is 6.06. The van der Waals surface area contributed by atoms with Crippen LogP contribution in [0.1, 0.15) is 59.9 Å². The number of nitrogens with one attached hydrogen (secondary N) is 1. The molecule has 0 aliphatic carbocycles. The minimum absolute atomic E-state index is 0.101. The number of carbonyl (C=O) groups is 3. The molecule has 3 N–H and O–H groups in total. The van der Waals surface area contributed by atoms with Gasteiger partial charge in [-0.05, 0) is 92.9 Å². The quantitative estimate of drug-likeness (QED) is 0.354. The second kappa shape index (κ2) is 13.6. The number of rotatable bonds is 7. The summed E-state index contributed by atoms with van der Waals surface area (Å²) in [6.45, 7) is 11.4. The molecule has 3 amide bonds. The third-order valence-electron chi connectivity index (χ3n) is 7.92. The molecule has 5 rings (SSSR count). The number of nitrogens with two attached hydrogens (primary N) is 1. The predicted molar refractivity (Wildman–Crippen MR) is 174 cm³/mol. The molecule has 0 atom stereocenters. The Morgan fingerprint density at radius 2 is 1.64 bits per heavy atom. The normalized spacial score (nSPS) is 15.8. The average molecular weight is 615 g/mol. The van der Waals surface area contributed by atoms with Gasteiger partial charge in [-0.1, -0.05) is 12.1 Å². The van der Waals surface area contributed by atoms with E-state index in [0.29, 0.717) is 67.3 Å². The van der Waals surface area contributed by atoms with Crippen LogP contribution in [0, 0.1) is 6.92 Å². The molecule has 2 aliphatic heterocycles. The highest BCUT2D eigenvalue weighted by Gasteiger charge is 2.28. The number of nitrogens with zero attached hydrogens (tertiary/aromatic N) is 2. The Morgan fingerprint density at radius 3 is 2.33 bits per heavy atom. The van der Waals surface area contributed by atoms with Gasteiger partial charge in [0, 0.05) is 61.5 Å². The van der Waals surface area contributed by atoms with Crippen LogP contribution in [0.4, 0.5) is 16.2 Å². The third kappa shape index (κ3) is 8.13. The minimum Gasteiger partial charge on any atom is -0.490 e. The molecular weight excluding hydrogens is 572 g/mol. The van der Waals surface area contributed by atoms with E-state index < -0.39 is 11.5 Å². The Kier molecular flexibility index (Phi) is 9.63. The molecule has 2 fully saturated rings. The Bertz CT molecular complexity index is 1550. The number of aryl methyl sites for hydroxylation is 1. The summed E-state index contributed by atoms with van der Waals surface area (Å²) < 4.78 is 17.3. The van der Waals surface area contributed by atoms with Crippen molar-refractivity contribution >= 4 is 29.3 Å². The molecule has 10 heteroatoms. The standard InChI is InChI=1S/C35H42N4O6/c1-23-8-9-25(37-33(41)24-6-5-7-26(20-24)38-16-18-43-19-17-38)21-30(23)31-22-28(10-11-29(31)32(36)40)44-27-12-14-39(15-13-27)34(42)45-35(2,3)4/h5-11,20-22,27H,12-19H2,1-4H3,(H2,36,40)(H,37,41). The maximum Gasteiger partial charge on any atom is 0.410 e. The number of likely N-dealkylation sites (tertiary alicyclic amines) is 1. The van der Waals surface area contributed by atoms with Crippen molar-refractivity contribution in [2.45, 2.75) is 52.2 Å². The zero-order chi connectivity index (χ0) is 32.1. The van der Waals surface area contributed by atoms with E-state index >= 15 is 0 Å². The molecule has 2 aliphatic rings. The van der Waals surface area contributed by atoms with Gasteiger partial charge in [0.2, 0.25) is 5.91 Å². The van der Waals surface area contributed by atoms with Gasteiger partial charge in [0.15, 0.2) is 0 Å². The molecule has 0 radical (unpaired) electrons. The van der Waals surface area contributed by atoms with Crippen LogP contribution >= 0.6 is 0 Å². The second-order valence-electron chi connectivity index (χ2n) is 12.5. The Balaban J connectivity index is 1.31. The first kappa shape index (κ1) is 31.8. The molecule has 238 valence electrons. The zero-order valence-electron chi connectivity index (χ0n) is 26.4. The van der Waals surface area contributed by atoms with Gasteiger partial charge in [-0.3, -0.25) is 9.59 Å². The first-order valence-electron chi connectivity index (χ1n) is 15.4. The number of primary amides is 1. The molecule has 0 spiro atoms. The number of ether oxygens (including phenoxy) is 3. The van der Waals surface area contributed by atoms with Gasteiger partial charge in [0.05, 0.1) is 13.2 Å². The fraction of sp³-hybridized carbons (Fsp3) is 0.400. The Labute approximate surface area is 264 Å².